The standard InChI is InChI=1S/C32H57O10PS/c1-11-28(33)39-31(24(5)6)41-43(35,42-32(25(7)8)40-29(34)12-2)30(44(36,37)38)22-14-13-18-26(9)20-16-21-27(10)19-15-17-23(3)4/h17-18,21,24-25,30-32H,11-16,19-20,22H2,1-10H3,(H,36,37,38)/b26-18+,27-21+. The van der Waals surface area contributed by atoms with Crippen molar-refractivity contribution in [2.45, 2.75) is 145 Å². The van der Waals surface area contributed by atoms with Crippen molar-refractivity contribution in [2.75, 3.05) is 0 Å². The minimum atomic E-state index is -5.00. The molecule has 0 aliphatic heterocycles. The number of carbonyl (C=O) groups is 2. The van der Waals surface area contributed by atoms with E-state index in [0.29, 0.717) is 6.42 Å². The van der Waals surface area contributed by atoms with E-state index in [1.54, 1.807) is 41.5 Å². The molecule has 12 heteroatoms. The van der Waals surface area contributed by atoms with Crippen LogP contribution in [-0.4, -0.2) is 42.5 Å². The first kappa shape index (κ1) is 42.2. The second-order valence-electron chi connectivity index (χ2n) is 12.0. The molecule has 0 saturated heterocycles. The van der Waals surface area contributed by atoms with Gasteiger partial charge in [0.05, 0.1) is 0 Å². The van der Waals surface area contributed by atoms with Gasteiger partial charge in [0.15, 0.2) is 4.99 Å². The largest absolute Gasteiger partial charge is 0.435 e. The second-order valence-corrected chi connectivity index (χ2v) is 16.1. The van der Waals surface area contributed by atoms with E-state index in [1.165, 1.54) is 11.1 Å². The van der Waals surface area contributed by atoms with E-state index in [9.17, 15) is 27.1 Å². The minimum Gasteiger partial charge on any atom is -0.435 e. The van der Waals surface area contributed by atoms with Crippen molar-refractivity contribution in [3.8, 4) is 0 Å². The Hall–Kier alpha value is -1.78. The number of hydrogen-bond acceptors (Lipinski definition) is 9. The molecule has 0 aromatic carbocycles. The van der Waals surface area contributed by atoms with Crippen LogP contribution < -0.4 is 0 Å². The second kappa shape index (κ2) is 21.1. The molecule has 0 aliphatic carbocycles. The fourth-order valence-electron chi connectivity index (χ4n) is 3.88. The van der Waals surface area contributed by atoms with Gasteiger partial charge in [-0.05, 0) is 72.6 Å². The van der Waals surface area contributed by atoms with Crippen molar-refractivity contribution in [3.05, 3.63) is 34.9 Å². The van der Waals surface area contributed by atoms with E-state index in [0.717, 1.165) is 31.3 Å². The number of allylic oxidation sites excluding steroid dienone is 6. The summed E-state index contributed by atoms with van der Waals surface area (Å²) >= 11 is 0. The normalized spacial score (nSPS) is 16.3. The maximum atomic E-state index is 14.4. The topological polar surface area (TPSA) is 142 Å². The zero-order valence-electron chi connectivity index (χ0n) is 28.5. The quantitative estimate of drug-likeness (QED) is 0.0298. The van der Waals surface area contributed by atoms with Crippen molar-refractivity contribution in [1.82, 2.24) is 0 Å². The molecule has 0 amide bonds. The van der Waals surface area contributed by atoms with Crippen molar-refractivity contribution < 1.29 is 45.6 Å². The number of ether oxygens (including phenoxy) is 2. The Morgan fingerprint density at radius 2 is 1.16 bits per heavy atom. The van der Waals surface area contributed by atoms with Crippen molar-refractivity contribution in [3.63, 3.8) is 0 Å². The molecule has 0 aromatic rings. The van der Waals surface area contributed by atoms with Crippen LogP contribution in [0, 0.1) is 11.8 Å². The maximum Gasteiger partial charge on any atom is 0.357 e. The molecule has 10 nitrogen and oxygen atoms in total. The third-order valence-corrected chi connectivity index (χ3v) is 11.1. The Labute approximate surface area is 266 Å². The summed E-state index contributed by atoms with van der Waals surface area (Å²) < 4.78 is 71.9. The first-order chi connectivity index (χ1) is 20.4. The van der Waals surface area contributed by atoms with Gasteiger partial charge >= 0.3 is 19.5 Å². The van der Waals surface area contributed by atoms with Crippen LogP contribution in [0.5, 0.6) is 0 Å². The summed E-state index contributed by atoms with van der Waals surface area (Å²) in [5.41, 5.74) is 3.76. The van der Waals surface area contributed by atoms with Crippen LogP contribution in [0.3, 0.4) is 0 Å². The van der Waals surface area contributed by atoms with Gasteiger partial charge in [-0.25, -0.2) is 0 Å². The van der Waals surface area contributed by atoms with Gasteiger partial charge in [-0.15, -0.1) is 0 Å². The van der Waals surface area contributed by atoms with Gasteiger partial charge in [-0.3, -0.25) is 27.8 Å². The molecule has 0 aromatic heterocycles. The molecule has 3 atom stereocenters. The zero-order chi connectivity index (χ0) is 34.1. The molecule has 0 saturated carbocycles. The summed E-state index contributed by atoms with van der Waals surface area (Å²) in [4.78, 5) is 22.1. The van der Waals surface area contributed by atoms with E-state index < -0.39 is 59.1 Å². The average Bonchev–Trinajstić information content (AvgIpc) is 2.90. The molecule has 0 bridgehead atoms. The minimum absolute atomic E-state index is 0.000852. The highest BCUT2D eigenvalue weighted by atomic mass is 32.2. The van der Waals surface area contributed by atoms with Crippen LogP contribution >= 0.6 is 7.60 Å². The molecular formula is C32H57O10PS. The molecule has 0 heterocycles. The van der Waals surface area contributed by atoms with E-state index in [4.69, 9.17) is 18.5 Å². The van der Waals surface area contributed by atoms with E-state index in [1.807, 2.05) is 13.0 Å². The molecular weight excluding hydrogens is 607 g/mol. The zero-order valence-corrected chi connectivity index (χ0v) is 30.2. The first-order valence-corrected chi connectivity index (χ1v) is 18.7. The Kier molecular flexibility index (Phi) is 20.2. The molecule has 0 fully saturated rings. The van der Waals surface area contributed by atoms with Crippen molar-refractivity contribution in [1.29, 1.82) is 0 Å². The van der Waals surface area contributed by atoms with E-state index in [-0.39, 0.29) is 25.7 Å². The average molecular weight is 665 g/mol. The third kappa shape index (κ3) is 17.6. The predicted molar refractivity (Wildman–Crippen MR) is 174 cm³/mol. The summed E-state index contributed by atoms with van der Waals surface area (Å²) in [6, 6.07) is 0. The highest BCUT2D eigenvalue weighted by Crippen LogP contribution is 2.59. The highest BCUT2D eigenvalue weighted by molar-refractivity contribution is 7.94. The lowest BCUT2D eigenvalue weighted by Crippen LogP contribution is -2.34. The van der Waals surface area contributed by atoms with Crippen LogP contribution in [-0.2, 0) is 42.8 Å². The summed E-state index contributed by atoms with van der Waals surface area (Å²) in [5, 5.41) is 0. The SMILES string of the molecule is CCC(=O)OC(OP(=O)(OC(OC(=O)CC)C(C)C)C(CCC/C=C(\C)CC/C=C(\C)CCC=C(C)C)S(=O)(=O)O)C(C)C. The summed E-state index contributed by atoms with van der Waals surface area (Å²) in [7, 11) is -9.84. The van der Waals surface area contributed by atoms with Gasteiger partial charge in [0, 0.05) is 24.7 Å². The van der Waals surface area contributed by atoms with E-state index >= 15 is 0 Å². The molecule has 0 rings (SSSR count). The number of esters is 2. The summed E-state index contributed by atoms with van der Waals surface area (Å²) in [5.74, 6) is -2.41. The van der Waals surface area contributed by atoms with Gasteiger partial charge in [0.1, 0.15) is 0 Å². The third-order valence-electron chi connectivity index (χ3n) is 6.63. The molecule has 1 N–H and O–H groups in total. The molecule has 0 aliphatic rings. The summed E-state index contributed by atoms with van der Waals surface area (Å²) in [6.07, 6.45) is 7.72. The van der Waals surface area contributed by atoms with Crippen LogP contribution in [0.1, 0.15) is 127 Å². The lowest BCUT2D eigenvalue weighted by Gasteiger charge is -2.33. The van der Waals surface area contributed by atoms with E-state index in [2.05, 4.69) is 32.9 Å². The van der Waals surface area contributed by atoms with Crippen LogP contribution in [0.4, 0.5) is 0 Å². The Morgan fingerprint density at radius 3 is 1.52 bits per heavy atom. The molecule has 0 radical (unpaired) electrons. The van der Waals surface area contributed by atoms with Crippen molar-refractivity contribution >= 4 is 29.7 Å². The van der Waals surface area contributed by atoms with Gasteiger partial charge in [-0.2, -0.15) is 8.42 Å². The van der Waals surface area contributed by atoms with Gasteiger partial charge in [0.2, 0.25) is 12.6 Å². The monoisotopic (exact) mass is 664 g/mol. The number of carbonyl (C=O) groups excluding carboxylic acids is 2. The van der Waals surface area contributed by atoms with Gasteiger partial charge in [0.25, 0.3) is 10.1 Å². The maximum absolute atomic E-state index is 14.4. The molecule has 256 valence electrons. The Bertz CT molecular complexity index is 1100. The number of unbranched alkanes of at least 4 members (excludes halogenated alkanes) is 1. The van der Waals surface area contributed by atoms with Crippen LogP contribution in [0.2, 0.25) is 0 Å². The lowest BCUT2D eigenvalue weighted by molar-refractivity contribution is -0.178. The Morgan fingerprint density at radius 1 is 0.750 bits per heavy atom. The summed E-state index contributed by atoms with van der Waals surface area (Å²) in [6.45, 7) is 17.9. The molecule has 0 spiro atoms. The first-order valence-electron chi connectivity index (χ1n) is 15.6. The number of hydrogen-bond donors (Lipinski definition) is 1. The predicted octanol–water partition coefficient (Wildman–Crippen LogP) is 8.89. The fraction of sp³-hybridized carbons (Fsp3) is 0.750. The molecule has 44 heavy (non-hydrogen) atoms. The highest BCUT2D eigenvalue weighted by Gasteiger charge is 2.49. The fourth-order valence-corrected chi connectivity index (χ4v) is 7.92. The van der Waals surface area contributed by atoms with Crippen LogP contribution in [0.15, 0.2) is 34.9 Å². The Balaban J connectivity index is 5.96. The van der Waals surface area contributed by atoms with Gasteiger partial charge in [-0.1, -0.05) is 76.5 Å². The van der Waals surface area contributed by atoms with Crippen molar-refractivity contribution in [2.24, 2.45) is 11.8 Å². The van der Waals surface area contributed by atoms with Gasteiger partial charge < -0.3 is 9.47 Å². The molecule has 3 unspecified atom stereocenters. The lowest BCUT2D eigenvalue weighted by atomic mass is 10.1. The number of rotatable bonds is 22. The smallest absolute Gasteiger partial charge is 0.357 e. The van der Waals surface area contributed by atoms with Crippen LogP contribution in [0.25, 0.3) is 0 Å².